The topological polar surface area (TPSA) is 86.6 Å². The summed E-state index contributed by atoms with van der Waals surface area (Å²) in [4.78, 5) is 21.7. The minimum absolute atomic E-state index is 0. The summed E-state index contributed by atoms with van der Waals surface area (Å²) in [5, 5.41) is 20.3. The highest BCUT2D eigenvalue weighted by Crippen LogP contribution is 2.04. The zero-order valence-corrected chi connectivity index (χ0v) is 10.7. The zero-order valence-electron chi connectivity index (χ0n) is 9.87. The van der Waals surface area contributed by atoms with Crippen LogP contribution in [0.3, 0.4) is 0 Å². The van der Waals surface area contributed by atoms with E-state index in [9.17, 15) is 9.59 Å². The second kappa shape index (κ2) is 7.68. The van der Waals surface area contributed by atoms with Gasteiger partial charge in [0.25, 0.3) is 0 Å². The van der Waals surface area contributed by atoms with Crippen LogP contribution in [0, 0.1) is 0 Å². The number of carboxylic acid groups (broad SMARTS) is 2. The van der Waals surface area contributed by atoms with E-state index < -0.39 is 24.0 Å². The third-order valence-electron chi connectivity index (χ3n) is 2.40. The average Bonchev–Trinajstić information content (AvgIpc) is 2.29. The van der Waals surface area contributed by atoms with Crippen molar-refractivity contribution in [1.82, 2.24) is 5.32 Å². The quantitative estimate of drug-likeness (QED) is 0.724. The molecule has 0 amide bonds. The number of halogens is 1. The molecule has 1 rings (SSSR count). The molecule has 1 aromatic carbocycles. The Morgan fingerprint density at radius 3 is 2.17 bits per heavy atom. The van der Waals surface area contributed by atoms with Crippen LogP contribution in [0.15, 0.2) is 30.3 Å². The Hall–Kier alpha value is -1.59. The Balaban J connectivity index is 0.00000289. The van der Waals surface area contributed by atoms with E-state index in [1.54, 1.807) is 0 Å². The van der Waals surface area contributed by atoms with Crippen molar-refractivity contribution in [2.75, 3.05) is 0 Å². The number of carboxylic acids is 2. The largest absolute Gasteiger partial charge is 0.480 e. The number of aliphatic carboxylic acids is 2. The van der Waals surface area contributed by atoms with Crippen LogP contribution in [-0.2, 0) is 16.0 Å². The van der Waals surface area contributed by atoms with Crippen molar-refractivity contribution in [3.8, 4) is 0 Å². The summed E-state index contributed by atoms with van der Waals surface area (Å²) in [5.74, 6) is -2.12. The van der Waals surface area contributed by atoms with E-state index in [0.29, 0.717) is 0 Å². The fourth-order valence-corrected chi connectivity index (χ4v) is 1.44. The van der Waals surface area contributed by atoms with Crippen molar-refractivity contribution in [1.29, 1.82) is 0 Å². The van der Waals surface area contributed by atoms with Gasteiger partial charge in [-0.05, 0) is 18.9 Å². The van der Waals surface area contributed by atoms with E-state index in [1.165, 1.54) is 6.92 Å². The first-order valence-electron chi connectivity index (χ1n) is 5.26. The second-order valence-electron chi connectivity index (χ2n) is 3.81. The Bertz CT molecular complexity index is 396. The van der Waals surface area contributed by atoms with Crippen LogP contribution in [0.5, 0.6) is 0 Å². The third-order valence-corrected chi connectivity index (χ3v) is 2.40. The van der Waals surface area contributed by atoms with E-state index >= 15 is 0 Å². The summed E-state index contributed by atoms with van der Waals surface area (Å²) >= 11 is 0. The van der Waals surface area contributed by atoms with Crippen molar-refractivity contribution in [3.05, 3.63) is 35.9 Å². The van der Waals surface area contributed by atoms with E-state index in [4.69, 9.17) is 10.2 Å². The molecule has 0 spiro atoms. The molecule has 0 aliphatic heterocycles. The summed E-state index contributed by atoms with van der Waals surface area (Å²) in [6.07, 6.45) is 0.258. The lowest BCUT2D eigenvalue weighted by Gasteiger charge is -2.17. The average molecular weight is 274 g/mol. The Morgan fingerprint density at radius 2 is 1.72 bits per heavy atom. The number of hydrogen-bond donors (Lipinski definition) is 3. The van der Waals surface area contributed by atoms with Gasteiger partial charge in [-0.3, -0.25) is 14.9 Å². The van der Waals surface area contributed by atoms with Gasteiger partial charge in [-0.15, -0.1) is 12.4 Å². The van der Waals surface area contributed by atoms with Gasteiger partial charge in [0.1, 0.15) is 12.1 Å². The smallest absolute Gasteiger partial charge is 0.321 e. The van der Waals surface area contributed by atoms with E-state index in [0.717, 1.165) is 5.56 Å². The van der Waals surface area contributed by atoms with Crippen LogP contribution in [0.2, 0.25) is 0 Å². The van der Waals surface area contributed by atoms with Gasteiger partial charge in [0.15, 0.2) is 0 Å². The molecule has 5 nitrogen and oxygen atoms in total. The molecule has 0 aliphatic rings. The molecule has 0 saturated heterocycles. The molecular weight excluding hydrogens is 258 g/mol. The lowest BCUT2D eigenvalue weighted by atomic mass is 10.1. The normalized spacial score (nSPS) is 13.2. The number of carbonyl (C=O) groups is 2. The van der Waals surface area contributed by atoms with Crippen molar-refractivity contribution in [2.24, 2.45) is 0 Å². The monoisotopic (exact) mass is 273 g/mol. The molecular formula is C12H16ClNO4. The minimum atomic E-state index is -1.07. The summed E-state index contributed by atoms with van der Waals surface area (Å²) in [7, 11) is 0. The van der Waals surface area contributed by atoms with Gasteiger partial charge in [-0.1, -0.05) is 30.3 Å². The summed E-state index contributed by atoms with van der Waals surface area (Å²) in [5.41, 5.74) is 0.852. The highest BCUT2D eigenvalue weighted by molar-refractivity contribution is 5.85. The van der Waals surface area contributed by atoms with Gasteiger partial charge < -0.3 is 10.2 Å². The van der Waals surface area contributed by atoms with Gasteiger partial charge in [0.2, 0.25) is 0 Å². The third kappa shape index (κ3) is 5.16. The van der Waals surface area contributed by atoms with Crippen LogP contribution in [0.4, 0.5) is 0 Å². The number of hydrogen-bond acceptors (Lipinski definition) is 3. The number of benzene rings is 1. The highest BCUT2D eigenvalue weighted by Gasteiger charge is 2.22. The van der Waals surface area contributed by atoms with Crippen molar-refractivity contribution >= 4 is 24.3 Å². The Morgan fingerprint density at radius 1 is 1.17 bits per heavy atom. The lowest BCUT2D eigenvalue weighted by molar-refractivity contribution is -0.142. The fourth-order valence-electron chi connectivity index (χ4n) is 1.44. The molecule has 0 heterocycles. The predicted molar refractivity (Wildman–Crippen MR) is 69.1 cm³/mol. The summed E-state index contributed by atoms with van der Waals surface area (Å²) in [6.45, 7) is 1.42. The summed E-state index contributed by atoms with van der Waals surface area (Å²) in [6, 6.07) is 7.30. The maximum Gasteiger partial charge on any atom is 0.321 e. The van der Waals surface area contributed by atoms with E-state index in [-0.39, 0.29) is 18.8 Å². The first kappa shape index (κ1) is 16.4. The molecule has 0 saturated carbocycles. The van der Waals surface area contributed by atoms with Crippen molar-refractivity contribution in [2.45, 2.75) is 25.4 Å². The predicted octanol–water partition coefficient (Wildman–Crippen LogP) is 1.17. The molecule has 0 fully saturated rings. The number of nitrogens with one attached hydrogen (secondary N) is 1. The Kier molecular flexibility index (Phi) is 7.00. The first-order chi connectivity index (χ1) is 8.00. The van der Waals surface area contributed by atoms with Crippen LogP contribution in [-0.4, -0.2) is 34.2 Å². The number of rotatable bonds is 6. The molecule has 0 aliphatic carbocycles. The molecule has 3 N–H and O–H groups in total. The van der Waals surface area contributed by atoms with Crippen LogP contribution in [0.1, 0.15) is 12.5 Å². The first-order valence-corrected chi connectivity index (χ1v) is 5.26. The molecule has 2 atom stereocenters. The van der Waals surface area contributed by atoms with Crippen LogP contribution >= 0.6 is 12.4 Å². The van der Waals surface area contributed by atoms with Gasteiger partial charge in [-0.2, -0.15) is 0 Å². The molecule has 0 bridgehead atoms. The highest BCUT2D eigenvalue weighted by atomic mass is 35.5. The van der Waals surface area contributed by atoms with E-state index in [2.05, 4.69) is 5.32 Å². The maximum absolute atomic E-state index is 11.0. The van der Waals surface area contributed by atoms with Gasteiger partial charge in [-0.25, -0.2) is 0 Å². The molecule has 0 radical (unpaired) electrons. The molecule has 6 heteroatoms. The molecule has 0 aromatic heterocycles. The van der Waals surface area contributed by atoms with Crippen molar-refractivity contribution in [3.63, 3.8) is 0 Å². The maximum atomic E-state index is 11.0. The standard InChI is InChI=1S/C12H15NO4.ClH/c1-8(11(14)15)13-10(12(16)17)7-9-5-3-2-4-6-9;/h2-6,8,10,13H,7H2,1H3,(H,14,15)(H,16,17);1H/t8-,10+;/m1./s1. The van der Waals surface area contributed by atoms with E-state index in [1.807, 2.05) is 30.3 Å². The second-order valence-corrected chi connectivity index (χ2v) is 3.81. The van der Waals surface area contributed by atoms with Crippen molar-refractivity contribution < 1.29 is 19.8 Å². The fraction of sp³-hybridized carbons (Fsp3) is 0.333. The Labute approximate surface area is 111 Å². The summed E-state index contributed by atoms with van der Waals surface area (Å²) < 4.78 is 0. The minimum Gasteiger partial charge on any atom is -0.480 e. The van der Waals surface area contributed by atoms with Gasteiger partial charge in [0, 0.05) is 0 Å². The van der Waals surface area contributed by atoms with Crippen LogP contribution < -0.4 is 5.32 Å². The SMILES string of the molecule is C[C@@H](N[C@@H](Cc1ccccc1)C(=O)O)C(=O)O.Cl. The molecule has 18 heavy (non-hydrogen) atoms. The van der Waals surface area contributed by atoms with Gasteiger partial charge in [0.05, 0.1) is 0 Å². The lowest BCUT2D eigenvalue weighted by Crippen LogP contribution is -2.46. The molecule has 1 aromatic rings. The molecule has 100 valence electrons. The van der Waals surface area contributed by atoms with Gasteiger partial charge >= 0.3 is 11.9 Å². The zero-order chi connectivity index (χ0) is 12.8. The van der Waals surface area contributed by atoms with Crippen LogP contribution in [0.25, 0.3) is 0 Å². The molecule has 0 unspecified atom stereocenters.